The summed E-state index contributed by atoms with van der Waals surface area (Å²) in [5, 5.41) is 2.94. The number of hydrogen-bond acceptors (Lipinski definition) is 5. The van der Waals surface area contributed by atoms with Crippen LogP contribution in [0.3, 0.4) is 0 Å². The summed E-state index contributed by atoms with van der Waals surface area (Å²) in [7, 11) is 0. The smallest absolute Gasteiger partial charge is 0.239 e. The molecule has 0 saturated carbocycles. The number of nitrogen functional groups attached to an aromatic ring is 1. The number of carbonyl (C=O) groups is 1. The molecule has 1 amide bonds. The first kappa shape index (κ1) is 14.7. The van der Waals surface area contributed by atoms with Gasteiger partial charge in [-0.25, -0.2) is 4.98 Å². The number of hydrogen-bond donors (Lipinski definition) is 2. The Hall–Kier alpha value is -1.66. The van der Waals surface area contributed by atoms with E-state index in [0.29, 0.717) is 25.6 Å². The summed E-state index contributed by atoms with van der Waals surface area (Å²) in [5.41, 5.74) is 6.75. The molecule has 110 valence electrons. The maximum atomic E-state index is 12.2. The number of amides is 1. The summed E-state index contributed by atoms with van der Waals surface area (Å²) in [6, 6.07) is 3.64. The van der Waals surface area contributed by atoms with Gasteiger partial charge in [0.05, 0.1) is 13.2 Å². The van der Waals surface area contributed by atoms with E-state index in [1.54, 1.807) is 6.20 Å². The van der Waals surface area contributed by atoms with Gasteiger partial charge < -0.3 is 15.8 Å². The predicted octanol–water partition coefficient (Wildman–Crippen LogP) is 0.389. The molecule has 1 aliphatic heterocycles. The van der Waals surface area contributed by atoms with Gasteiger partial charge in [0.2, 0.25) is 5.91 Å². The molecule has 1 fully saturated rings. The molecule has 2 heterocycles. The summed E-state index contributed by atoms with van der Waals surface area (Å²) in [5.74, 6) is 0.515. The van der Waals surface area contributed by atoms with Gasteiger partial charge in [0, 0.05) is 25.3 Å². The lowest BCUT2D eigenvalue weighted by molar-refractivity contribution is -0.133. The van der Waals surface area contributed by atoms with Crippen LogP contribution in [0.25, 0.3) is 0 Å². The van der Waals surface area contributed by atoms with Crippen molar-refractivity contribution in [3.63, 3.8) is 0 Å². The summed E-state index contributed by atoms with van der Waals surface area (Å²) in [4.78, 5) is 18.3. The molecule has 0 aliphatic carbocycles. The minimum atomic E-state index is -0.250. The number of anilines is 1. The monoisotopic (exact) mass is 278 g/mol. The van der Waals surface area contributed by atoms with Gasteiger partial charge in [0.1, 0.15) is 11.9 Å². The Balaban J connectivity index is 2.05. The van der Waals surface area contributed by atoms with Crippen molar-refractivity contribution < 1.29 is 9.53 Å². The van der Waals surface area contributed by atoms with Crippen LogP contribution in [0.2, 0.25) is 0 Å². The number of rotatable bonds is 4. The van der Waals surface area contributed by atoms with Crippen LogP contribution >= 0.6 is 0 Å². The third-order valence-electron chi connectivity index (χ3n) is 3.20. The molecule has 6 nitrogen and oxygen atoms in total. The second-order valence-electron chi connectivity index (χ2n) is 5.31. The number of ether oxygens (including phenoxy) is 1. The summed E-state index contributed by atoms with van der Waals surface area (Å²) in [6.45, 7) is 6.39. The third kappa shape index (κ3) is 3.91. The Morgan fingerprint density at radius 2 is 2.45 bits per heavy atom. The van der Waals surface area contributed by atoms with Crippen molar-refractivity contribution in [2.24, 2.45) is 0 Å². The number of morpholine rings is 1. The van der Waals surface area contributed by atoms with E-state index < -0.39 is 0 Å². The Kier molecular flexibility index (Phi) is 4.92. The topological polar surface area (TPSA) is 80.5 Å². The standard InChI is InChI=1S/C14H22N4O2/c1-10(2)17-14(19)12-9-20-6-5-18(12)8-11-3-4-16-13(15)7-11/h3-4,7,10,12H,5-6,8-9H2,1-2H3,(H2,15,16)(H,17,19). The number of nitrogens with one attached hydrogen (secondary N) is 1. The van der Waals surface area contributed by atoms with Crippen LogP contribution in [0.1, 0.15) is 19.4 Å². The lowest BCUT2D eigenvalue weighted by atomic mass is 10.1. The maximum Gasteiger partial charge on any atom is 0.239 e. The Bertz CT molecular complexity index is 464. The Morgan fingerprint density at radius 3 is 3.15 bits per heavy atom. The normalized spacial score (nSPS) is 20.1. The molecule has 1 unspecified atom stereocenters. The van der Waals surface area contributed by atoms with E-state index in [0.717, 1.165) is 12.1 Å². The minimum Gasteiger partial charge on any atom is -0.384 e. The first-order chi connectivity index (χ1) is 9.56. The van der Waals surface area contributed by atoms with Crippen molar-refractivity contribution in [2.45, 2.75) is 32.5 Å². The van der Waals surface area contributed by atoms with Gasteiger partial charge in [-0.05, 0) is 31.5 Å². The molecule has 0 aromatic carbocycles. The van der Waals surface area contributed by atoms with Crippen LogP contribution in [-0.4, -0.2) is 47.6 Å². The molecule has 0 radical (unpaired) electrons. The van der Waals surface area contributed by atoms with E-state index in [2.05, 4.69) is 15.2 Å². The van der Waals surface area contributed by atoms with E-state index >= 15 is 0 Å². The molecule has 3 N–H and O–H groups in total. The van der Waals surface area contributed by atoms with Crippen LogP contribution in [0.15, 0.2) is 18.3 Å². The van der Waals surface area contributed by atoms with E-state index in [1.807, 2.05) is 26.0 Å². The molecule has 1 saturated heterocycles. The van der Waals surface area contributed by atoms with E-state index in [1.165, 1.54) is 0 Å². The maximum absolute atomic E-state index is 12.2. The summed E-state index contributed by atoms with van der Waals surface area (Å²) >= 11 is 0. The van der Waals surface area contributed by atoms with Gasteiger partial charge in [-0.15, -0.1) is 0 Å². The molecule has 1 atom stereocenters. The molecule has 1 aliphatic rings. The summed E-state index contributed by atoms with van der Waals surface area (Å²) < 4.78 is 5.44. The average Bonchev–Trinajstić information content (AvgIpc) is 2.38. The third-order valence-corrected chi connectivity index (χ3v) is 3.20. The van der Waals surface area contributed by atoms with E-state index in [-0.39, 0.29) is 18.0 Å². The molecule has 0 bridgehead atoms. The van der Waals surface area contributed by atoms with Crippen LogP contribution < -0.4 is 11.1 Å². The van der Waals surface area contributed by atoms with Crippen molar-refractivity contribution in [3.8, 4) is 0 Å². The predicted molar refractivity (Wildman–Crippen MR) is 76.9 cm³/mol. The van der Waals surface area contributed by atoms with Gasteiger partial charge in [-0.1, -0.05) is 0 Å². The van der Waals surface area contributed by atoms with Crippen molar-refractivity contribution in [1.29, 1.82) is 0 Å². The highest BCUT2D eigenvalue weighted by Gasteiger charge is 2.29. The number of aromatic nitrogens is 1. The number of nitrogens with two attached hydrogens (primary N) is 1. The largest absolute Gasteiger partial charge is 0.384 e. The average molecular weight is 278 g/mol. The molecule has 1 aromatic rings. The fourth-order valence-corrected chi connectivity index (χ4v) is 2.28. The first-order valence-corrected chi connectivity index (χ1v) is 6.89. The fraction of sp³-hybridized carbons (Fsp3) is 0.571. The zero-order chi connectivity index (χ0) is 14.5. The van der Waals surface area contributed by atoms with E-state index in [9.17, 15) is 4.79 Å². The quantitative estimate of drug-likeness (QED) is 0.833. The van der Waals surface area contributed by atoms with Gasteiger partial charge in [-0.2, -0.15) is 0 Å². The zero-order valence-corrected chi connectivity index (χ0v) is 12.0. The molecule has 20 heavy (non-hydrogen) atoms. The highest BCUT2D eigenvalue weighted by molar-refractivity contribution is 5.82. The second kappa shape index (κ2) is 6.67. The van der Waals surface area contributed by atoms with Gasteiger partial charge in [0.25, 0.3) is 0 Å². The minimum absolute atomic E-state index is 0.0155. The molecule has 6 heteroatoms. The summed E-state index contributed by atoms with van der Waals surface area (Å²) in [6.07, 6.45) is 1.69. The highest BCUT2D eigenvalue weighted by atomic mass is 16.5. The Morgan fingerprint density at radius 1 is 1.65 bits per heavy atom. The van der Waals surface area contributed by atoms with Crippen molar-refractivity contribution in [3.05, 3.63) is 23.9 Å². The number of nitrogens with zero attached hydrogens (tertiary/aromatic N) is 2. The molecular weight excluding hydrogens is 256 g/mol. The fourth-order valence-electron chi connectivity index (χ4n) is 2.28. The number of carbonyl (C=O) groups excluding carboxylic acids is 1. The molecule has 1 aromatic heterocycles. The lowest BCUT2D eigenvalue weighted by Gasteiger charge is -2.34. The second-order valence-corrected chi connectivity index (χ2v) is 5.31. The van der Waals surface area contributed by atoms with Crippen LogP contribution in [0.5, 0.6) is 0 Å². The molecule has 0 spiro atoms. The first-order valence-electron chi connectivity index (χ1n) is 6.89. The van der Waals surface area contributed by atoms with Gasteiger partial charge in [0.15, 0.2) is 0 Å². The zero-order valence-electron chi connectivity index (χ0n) is 12.0. The molecular formula is C14H22N4O2. The van der Waals surface area contributed by atoms with Crippen LogP contribution in [0, 0.1) is 0 Å². The Labute approximate surface area is 119 Å². The van der Waals surface area contributed by atoms with Crippen molar-refractivity contribution in [2.75, 3.05) is 25.5 Å². The van der Waals surface area contributed by atoms with Crippen LogP contribution in [0.4, 0.5) is 5.82 Å². The number of pyridine rings is 1. The lowest BCUT2D eigenvalue weighted by Crippen LogP contribution is -2.54. The van der Waals surface area contributed by atoms with E-state index in [4.69, 9.17) is 10.5 Å². The molecule has 2 rings (SSSR count). The SMILES string of the molecule is CC(C)NC(=O)C1COCCN1Cc1ccnc(N)c1. The van der Waals surface area contributed by atoms with Crippen molar-refractivity contribution >= 4 is 11.7 Å². The van der Waals surface area contributed by atoms with Crippen molar-refractivity contribution in [1.82, 2.24) is 15.2 Å². The van der Waals surface area contributed by atoms with Gasteiger partial charge >= 0.3 is 0 Å². The van der Waals surface area contributed by atoms with Gasteiger partial charge in [-0.3, -0.25) is 9.69 Å². The van der Waals surface area contributed by atoms with Crippen LogP contribution in [-0.2, 0) is 16.1 Å². The highest BCUT2D eigenvalue weighted by Crippen LogP contribution is 2.13.